The van der Waals surface area contributed by atoms with Crippen molar-refractivity contribution >= 4 is 29.9 Å². The standard InChI is InChI=1S/C14H19N3.HI/c1-15-14(17-12-6-7-12)16-9-11-8-10-4-2-3-5-13(10)11;/h2-5,11-12H,6-9H2,1H3,(H2,15,16,17);1H. The topological polar surface area (TPSA) is 36.4 Å². The lowest BCUT2D eigenvalue weighted by Crippen LogP contribution is -2.42. The molecule has 98 valence electrons. The molecule has 1 saturated carbocycles. The number of benzene rings is 1. The van der Waals surface area contributed by atoms with E-state index >= 15 is 0 Å². The van der Waals surface area contributed by atoms with Crippen LogP contribution in [-0.4, -0.2) is 25.6 Å². The quantitative estimate of drug-likeness (QED) is 0.495. The molecule has 1 unspecified atom stereocenters. The molecule has 3 nitrogen and oxygen atoms in total. The lowest BCUT2D eigenvalue weighted by molar-refractivity contribution is 0.583. The first-order valence-electron chi connectivity index (χ1n) is 6.42. The largest absolute Gasteiger partial charge is 0.356 e. The molecule has 0 bridgehead atoms. The molecule has 2 N–H and O–H groups in total. The predicted molar refractivity (Wildman–Crippen MR) is 85.8 cm³/mol. The summed E-state index contributed by atoms with van der Waals surface area (Å²) < 4.78 is 0. The Bertz CT molecular complexity index is 440. The van der Waals surface area contributed by atoms with Gasteiger partial charge in [-0.05, 0) is 30.4 Å². The van der Waals surface area contributed by atoms with Gasteiger partial charge in [-0.2, -0.15) is 0 Å². The number of hydrogen-bond acceptors (Lipinski definition) is 1. The first-order chi connectivity index (χ1) is 8.36. The van der Waals surface area contributed by atoms with Crippen LogP contribution in [0.1, 0.15) is 29.9 Å². The van der Waals surface area contributed by atoms with Gasteiger partial charge in [0.25, 0.3) is 0 Å². The molecule has 0 radical (unpaired) electrons. The van der Waals surface area contributed by atoms with E-state index in [9.17, 15) is 0 Å². The number of aliphatic imine (C=N–C) groups is 1. The molecule has 1 aromatic carbocycles. The van der Waals surface area contributed by atoms with E-state index in [2.05, 4.69) is 39.9 Å². The summed E-state index contributed by atoms with van der Waals surface area (Å²) >= 11 is 0. The zero-order valence-electron chi connectivity index (χ0n) is 10.6. The van der Waals surface area contributed by atoms with Crippen LogP contribution in [0, 0.1) is 0 Å². The van der Waals surface area contributed by atoms with E-state index in [-0.39, 0.29) is 24.0 Å². The van der Waals surface area contributed by atoms with Crippen LogP contribution >= 0.6 is 24.0 Å². The number of rotatable bonds is 3. The highest BCUT2D eigenvalue weighted by Crippen LogP contribution is 2.33. The van der Waals surface area contributed by atoms with Crippen LogP contribution in [0.3, 0.4) is 0 Å². The first kappa shape index (κ1) is 13.6. The second-order valence-corrected chi connectivity index (χ2v) is 4.97. The lowest BCUT2D eigenvalue weighted by atomic mass is 9.78. The maximum absolute atomic E-state index is 4.25. The van der Waals surface area contributed by atoms with E-state index in [0.717, 1.165) is 12.5 Å². The molecule has 18 heavy (non-hydrogen) atoms. The Hall–Kier alpha value is -0.780. The van der Waals surface area contributed by atoms with Gasteiger partial charge < -0.3 is 10.6 Å². The predicted octanol–water partition coefficient (Wildman–Crippen LogP) is 2.27. The highest BCUT2D eigenvalue weighted by molar-refractivity contribution is 14.0. The van der Waals surface area contributed by atoms with Crippen LogP contribution in [0.2, 0.25) is 0 Å². The molecule has 0 heterocycles. The maximum Gasteiger partial charge on any atom is 0.191 e. The molecule has 1 aromatic rings. The molecular weight excluding hydrogens is 337 g/mol. The molecule has 1 atom stereocenters. The summed E-state index contributed by atoms with van der Waals surface area (Å²) in [5.41, 5.74) is 3.01. The van der Waals surface area contributed by atoms with Crippen molar-refractivity contribution in [1.29, 1.82) is 0 Å². The summed E-state index contributed by atoms with van der Waals surface area (Å²) in [4.78, 5) is 4.25. The Labute approximate surface area is 125 Å². The molecule has 3 rings (SSSR count). The van der Waals surface area contributed by atoms with Gasteiger partial charge >= 0.3 is 0 Å². The molecular formula is C14H20IN3. The fourth-order valence-electron chi connectivity index (χ4n) is 2.38. The average Bonchev–Trinajstić information content (AvgIpc) is 3.12. The van der Waals surface area contributed by atoms with Crippen molar-refractivity contribution in [2.24, 2.45) is 4.99 Å². The van der Waals surface area contributed by atoms with Crippen molar-refractivity contribution in [2.45, 2.75) is 31.2 Å². The van der Waals surface area contributed by atoms with Gasteiger partial charge in [0, 0.05) is 25.6 Å². The number of nitrogens with one attached hydrogen (secondary N) is 2. The highest BCUT2D eigenvalue weighted by Gasteiger charge is 2.26. The molecule has 4 heteroatoms. The Morgan fingerprint density at radius 3 is 2.78 bits per heavy atom. The molecule has 0 aliphatic heterocycles. The molecule has 0 spiro atoms. The van der Waals surface area contributed by atoms with Gasteiger partial charge in [-0.3, -0.25) is 4.99 Å². The fraction of sp³-hybridized carbons (Fsp3) is 0.500. The van der Waals surface area contributed by atoms with Crippen molar-refractivity contribution in [3.8, 4) is 0 Å². The molecule has 2 aliphatic rings. The Kier molecular flexibility index (Phi) is 4.48. The van der Waals surface area contributed by atoms with Crippen molar-refractivity contribution < 1.29 is 0 Å². The van der Waals surface area contributed by atoms with Crippen LogP contribution in [0.15, 0.2) is 29.3 Å². The molecule has 0 saturated heterocycles. The van der Waals surface area contributed by atoms with Crippen molar-refractivity contribution in [3.63, 3.8) is 0 Å². The van der Waals surface area contributed by atoms with E-state index < -0.39 is 0 Å². The zero-order chi connectivity index (χ0) is 11.7. The van der Waals surface area contributed by atoms with Crippen LogP contribution in [0.4, 0.5) is 0 Å². The third kappa shape index (κ3) is 2.96. The average molecular weight is 357 g/mol. The van der Waals surface area contributed by atoms with E-state index in [1.54, 1.807) is 0 Å². The van der Waals surface area contributed by atoms with Gasteiger partial charge in [0.05, 0.1) is 0 Å². The third-order valence-electron chi connectivity index (χ3n) is 3.62. The van der Waals surface area contributed by atoms with Crippen LogP contribution < -0.4 is 10.6 Å². The van der Waals surface area contributed by atoms with Gasteiger partial charge in [0.15, 0.2) is 5.96 Å². The van der Waals surface area contributed by atoms with E-state index in [0.29, 0.717) is 12.0 Å². The molecule has 0 aromatic heterocycles. The van der Waals surface area contributed by atoms with Gasteiger partial charge in [0.1, 0.15) is 0 Å². The van der Waals surface area contributed by atoms with Gasteiger partial charge in [0.2, 0.25) is 0 Å². The SMILES string of the molecule is CN=C(NCC1Cc2ccccc21)NC1CC1.I. The second kappa shape index (κ2) is 5.91. The summed E-state index contributed by atoms with van der Waals surface area (Å²) in [6.45, 7) is 0.989. The summed E-state index contributed by atoms with van der Waals surface area (Å²) in [7, 11) is 1.84. The second-order valence-electron chi connectivity index (χ2n) is 4.97. The normalized spacial score (nSPS) is 21.4. The minimum Gasteiger partial charge on any atom is -0.356 e. The summed E-state index contributed by atoms with van der Waals surface area (Å²) in [6, 6.07) is 9.37. The van der Waals surface area contributed by atoms with Crippen molar-refractivity contribution in [2.75, 3.05) is 13.6 Å². The first-order valence-corrected chi connectivity index (χ1v) is 6.42. The Morgan fingerprint density at radius 2 is 2.11 bits per heavy atom. The van der Waals surface area contributed by atoms with Gasteiger partial charge in [-0.15, -0.1) is 24.0 Å². The number of nitrogens with zero attached hydrogens (tertiary/aromatic N) is 1. The van der Waals surface area contributed by atoms with E-state index in [4.69, 9.17) is 0 Å². The fourth-order valence-corrected chi connectivity index (χ4v) is 2.38. The summed E-state index contributed by atoms with van der Waals surface area (Å²) in [6.07, 6.45) is 3.77. The molecule has 2 aliphatic carbocycles. The summed E-state index contributed by atoms with van der Waals surface area (Å²) in [5, 5.41) is 6.83. The molecule has 1 fully saturated rings. The van der Waals surface area contributed by atoms with Crippen LogP contribution in [0.5, 0.6) is 0 Å². The lowest BCUT2D eigenvalue weighted by Gasteiger charge is -2.30. The summed E-state index contributed by atoms with van der Waals surface area (Å²) in [5.74, 6) is 1.61. The van der Waals surface area contributed by atoms with Crippen molar-refractivity contribution in [3.05, 3.63) is 35.4 Å². The highest BCUT2D eigenvalue weighted by atomic mass is 127. The van der Waals surface area contributed by atoms with E-state index in [1.807, 2.05) is 7.05 Å². The minimum atomic E-state index is 0. The van der Waals surface area contributed by atoms with Crippen LogP contribution in [0.25, 0.3) is 0 Å². The number of halogens is 1. The Morgan fingerprint density at radius 1 is 1.33 bits per heavy atom. The zero-order valence-corrected chi connectivity index (χ0v) is 13.0. The Balaban J connectivity index is 0.00000120. The maximum atomic E-state index is 4.25. The molecule has 0 amide bonds. The third-order valence-corrected chi connectivity index (χ3v) is 3.62. The minimum absolute atomic E-state index is 0. The van der Waals surface area contributed by atoms with Gasteiger partial charge in [-0.25, -0.2) is 0 Å². The smallest absolute Gasteiger partial charge is 0.191 e. The van der Waals surface area contributed by atoms with Crippen molar-refractivity contribution in [1.82, 2.24) is 10.6 Å². The van der Waals surface area contributed by atoms with E-state index in [1.165, 1.54) is 30.4 Å². The van der Waals surface area contributed by atoms with Crippen LogP contribution in [-0.2, 0) is 6.42 Å². The van der Waals surface area contributed by atoms with Gasteiger partial charge in [-0.1, -0.05) is 24.3 Å². The number of guanidine groups is 1. The number of fused-ring (bicyclic) bond motifs is 1. The number of hydrogen-bond donors (Lipinski definition) is 2. The monoisotopic (exact) mass is 357 g/mol.